The van der Waals surface area contributed by atoms with Gasteiger partial charge in [-0.2, -0.15) is 0 Å². The maximum atomic E-state index is 12.9. The molecule has 43 heavy (non-hydrogen) atoms. The van der Waals surface area contributed by atoms with Gasteiger partial charge in [0.25, 0.3) is 0 Å². The molecule has 1 aromatic rings. The number of benzene rings is 1. The summed E-state index contributed by atoms with van der Waals surface area (Å²) in [5, 5.41) is 30.0. The zero-order valence-electron chi connectivity index (χ0n) is 23.9. The van der Waals surface area contributed by atoms with Crippen LogP contribution in [0.3, 0.4) is 0 Å². The molecule has 1 fully saturated rings. The maximum Gasteiger partial charge on any atom is 0.348 e. The van der Waals surface area contributed by atoms with E-state index in [9.17, 15) is 29.1 Å². The van der Waals surface area contributed by atoms with Crippen LogP contribution in [0.2, 0.25) is 0 Å². The normalized spacial score (nSPS) is 27.9. The monoisotopic (exact) mass is 603 g/mol. The number of carboxylic acid groups (broad SMARTS) is 2. The highest BCUT2D eigenvalue weighted by Crippen LogP contribution is 2.65. The van der Waals surface area contributed by atoms with E-state index >= 15 is 0 Å². The minimum absolute atomic E-state index is 0.175. The number of carbonyl (C=O) groups excluding carboxylic acids is 3. The number of esters is 3. The van der Waals surface area contributed by atoms with Crippen LogP contribution in [0.5, 0.6) is 11.5 Å². The molecule has 1 saturated heterocycles. The quantitative estimate of drug-likeness (QED) is 0.236. The van der Waals surface area contributed by atoms with E-state index in [2.05, 4.69) is 9.64 Å². The van der Waals surface area contributed by atoms with Crippen LogP contribution in [0.1, 0.15) is 50.2 Å². The summed E-state index contributed by atoms with van der Waals surface area (Å²) in [6, 6.07) is 3.64. The summed E-state index contributed by atoms with van der Waals surface area (Å²) in [6.45, 7) is 1.82. The molecule has 6 atom stereocenters. The van der Waals surface area contributed by atoms with E-state index in [-0.39, 0.29) is 18.2 Å². The highest BCUT2D eigenvalue weighted by molar-refractivity contribution is 5.85. The second-order valence-corrected chi connectivity index (χ2v) is 11.3. The number of likely N-dealkylation sites (tertiary alicyclic amines) is 1. The average molecular weight is 604 g/mol. The van der Waals surface area contributed by atoms with Gasteiger partial charge in [0.1, 0.15) is 5.76 Å². The molecule has 1 aromatic carbocycles. The largest absolute Gasteiger partial charge is 0.493 e. The van der Waals surface area contributed by atoms with Gasteiger partial charge in [0.05, 0.1) is 37.4 Å². The number of aliphatic hydroxyl groups is 1. The molecule has 2 heterocycles. The highest BCUT2D eigenvalue weighted by Gasteiger charge is 2.72. The molecule has 232 valence electrons. The first-order chi connectivity index (χ1) is 20.3. The molecule has 0 radical (unpaired) electrons. The molecule has 14 heteroatoms. The number of likely N-dealkylation sites (N-methyl/N-ethyl adjacent to an activating group) is 1. The lowest BCUT2D eigenvalue weighted by Gasteiger charge is -2.61. The van der Waals surface area contributed by atoms with Crippen molar-refractivity contribution in [1.29, 1.82) is 0 Å². The van der Waals surface area contributed by atoms with Crippen LogP contribution in [-0.2, 0) is 50.0 Å². The van der Waals surface area contributed by atoms with Crippen LogP contribution in [0.25, 0.3) is 0 Å². The van der Waals surface area contributed by atoms with Gasteiger partial charge in [0.2, 0.25) is 6.10 Å². The lowest BCUT2D eigenvalue weighted by atomic mass is 9.50. The maximum absolute atomic E-state index is 12.9. The van der Waals surface area contributed by atoms with Gasteiger partial charge >= 0.3 is 29.8 Å². The minimum Gasteiger partial charge on any atom is -0.493 e. The zero-order chi connectivity index (χ0) is 31.3. The molecule has 2 aliphatic heterocycles. The Bertz CT molecular complexity index is 1400. The smallest absolute Gasteiger partial charge is 0.348 e. The second kappa shape index (κ2) is 11.2. The molecule has 2 aliphatic carbocycles. The van der Waals surface area contributed by atoms with Gasteiger partial charge in [-0.1, -0.05) is 6.07 Å². The third-order valence-corrected chi connectivity index (χ3v) is 8.86. The summed E-state index contributed by atoms with van der Waals surface area (Å²) in [5.74, 6) is -4.87. The molecule has 2 bridgehead atoms. The average Bonchev–Trinajstić information content (AvgIpc) is 3.30. The Morgan fingerprint density at radius 1 is 1.12 bits per heavy atom. The standard InChI is InChI=1S/C29H33NO13/c1-14(27(37)42-18(26(35)36)13-20(31)32)40-21(33)6-7-22(34)41-17-8-9-29(38)19-12-15-4-5-16(39-3)24-23(15)28(29,25(17)43-24)10-11-30(19)2/h4-5,8,14,18-19,25,38H,6-7,9-13H2,1-3H3,(H,31,32)(H,35,36)/t14-,18-,19+,25-,28-,29+/m0/s1. The Kier molecular flexibility index (Phi) is 7.86. The molecule has 0 unspecified atom stereocenters. The Morgan fingerprint density at radius 3 is 2.51 bits per heavy atom. The fraction of sp³-hybridized carbons (Fsp3) is 0.552. The molecule has 5 rings (SSSR count). The fourth-order valence-corrected chi connectivity index (χ4v) is 6.85. The number of carboxylic acids is 2. The second-order valence-electron chi connectivity index (χ2n) is 11.3. The number of nitrogens with zero attached hydrogens (tertiary/aromatic N) is 1. The summed E-state index contributed by atoms with van der Waals surface area (Å²) in [5.41, 5.74) is -0.123. The van der Waals surface area contributed by atoms with Gasteiger partial charge in [-0.15, -0.1) is 0 Å². The number of hydrogen-bond donors (Lipinski definition) is 3. The predicted octanol–water partition coefficient (Wildman–Crippen LogP) is 0.699. The van der Waals surface area contributed by atoms with Crippen LogP contribution < -0.4 is 9.47 Å². The highest BCUT2D eigenvalue weighted by atomic mass is 16.6. The molecular formula is C29H33NO13. The van der Waals surface area contributed by atoms with Crippen LogP contribution in [0.15, 0.2) is 24.0 Å². The van der Waals surface area contributed by atoms with Crippen LogP contribution in [0, 0.1) is 0 Å². The van der Waals surface area contributed by atoms with Crippen molar-refractivity contribution in [2.24, 2.45) is 0 Å². The Balaban J connectivity index is 1.24. The SMILES string of the molecule is COc1ccc2c3c1O[C@H]1C(OC(=O)CCC(=O)O[C@@H](C)C(=O)O[C@@H](CC(=O)O)C(=O)O)=CC[C@@]4(O)[C@@H](C2)N(C)CC[C@]314. The summed E-state index contributed by atoms with van der Waals surface area (Å²) >= 11 is 0. The third-order valence-electron chi connectivity index (χ3n) is 8.86. The van der Waals surface area contributed by atoms with Gasteiger partial charge in [0.15, 0.2) is 23.7 Å². The fourth-order valence-electron chi connectivity index (χ4n) is 6.85. The Hall–Kier alpha value is -4.17. The number of rotatable bonds is 11. The first-order valence-corrected chi connectivity index (χ1v) is 13.9. The van der Waals surface area contributed by atoms with Crippen molar-refractivity contribution in [3.05, 3.63) is 35.1 Å². The molecule has 1 spiro atoms. The van der Waals surface area contributed by atoms with Crippen molar-refractivity contribution in [1.82, 2.24) is 4.90 Å². The first-order valence-electron chi connectivity index (χ1n) is 13.9. The van der Waals surface area contributed by atoms with Crippen molar-refractivity contribution < 1.29 is 63.0 Å². The Morgan fingerprint density at radius 2 is 1.84 bits per heavy atom. The summed E-state index contributed by atoms with van der Waals surface area (Å²) in [6.07, 6.45) is -3.08. The number of carbonyl (C=O) groups is 5. The van der Waals surface area contributed by atoms with Gasteiger partial charge < -0.3 is 43.9 Å². The van der Waals surface area contributed by atoms with Crippen molar-refractivity contribution >= 4 is 29.8 Å². The number of methoxy groups -OCH3 is 1. The van der Waals surface area contributed by atoms with E-state index in [0.29, 0.717) is 30.9 Å². The summed E-state index contributed by atoms with van der Waals surface area (Å²) in [7, 11) is 3.51. The molecule has 3 N–H and O–H groups in total. The van der Waals surface area contributed by atoms with Crippen molar-refractivity contribution in [2.75, 3.05) is 20.7 Å². The molecule has 0 saturated carbocycles. The van der Waals surface area contributed by atoms with Gasteiger partial charge in [-0.05, 0) is 51.1 Å². The summed E-state index contributed by atoms with van der Waals surface area (Å²) < 4.78 is 27.2. The van der Waals surface area contributed by atoms with Crippen LogP contribution >= 0.6 is 0 Å². The van der Waals surface area contributed by atoms with E-state index in [1.54, 1.807) is 6.08 Å². The van der Waals surface area contributed by atoms with Gasteiger partial charge in [-0.25, -0.2) is 9.59 Å². The molecule has 0 aromatic heterocycles. The topological polar surface area (TPSA) is 195 Å². The van der Waals surface area contributed by atoms with E-state index in [4.69, 9.17) is 29.2 Å². The van der Waals surface area contributed by atoms with Crippen molar-refractivity contribution in [3.63, 3.8) is 0 Å². The van der Waals surface area contributed by atoms with Gasteiger partial charge in [0, 0.05) is 18.0 Å². The number of hydrogen-bond acceptors (Lipinski definition) is 12. The van der Waals surface area contributed by atoms with Gasteiger partial charge in [-0.3, -0.25) is 14.4 Å². The van der Waals surface area contributed by atoms with Crippen molar-refractivity contribution in [3.8, 4) is 11.5 Å². The minimum atomic E-state index is -1.95. The number of piperidine rings is 1. The van der Waals surface area contributed by atoms with E-state index in [1.807, 2.05) is 19.2 Å². The number of ether oxygens (including phenoxy) is 5. The summed E-state index contributed by atoms with van der Waals surface area (Å²) in [4.78, 5) is 61.3. The molecule has 4 aliphatic rings. The predicted molar refractivity (Wildman–Crippen MR) is 142 cm³/mol. The number of aliphatic carboxylic acids is 2. The first kappa shape index (κ1) is 30.3. The Labute approximate surface area is 246 Å². The lowest BCUT2D eigenvalue weighted by Crippen LogP contribution is -2.74. The zero-order valence-corrected chi connectivity index (χ0v) is 23.9. The van der Waals surface area contributed by atoms with Crippen LogP contribution in [-0.4, -0.2) is 101 Å². The van der Waals surface area contributed by atoms with Crippen molar-refractivity contribution in [2.45, 2.75) is 80.8 Å². The van der Waals surface area contributed by atoms with E-state index < -0.39 is 78.4 Å². The van der Waals surface area contributed by atoms with Crippen LogP contribution in [0.4, 0.5) is 0 Å². The third kappa shape index (κ3) is 4.97. The lowest BCUT2D eigenvalue weighted by molar-refractivity contribution is -0.178. The molecule has 0 amide bonds. The van der Waals surface area contributed by atoms with E-state index in [0.717, 1.165) is 18.1 Å². The molecular weight excluding hydrogens is 570 g/mol. The van der Waals surface area contributed by atoms with E-state index in [1.165, 1.54) is 7.11 Å². The molecule has 14 nitrogen and oxygen atoms in total.